The Bertz CT molecular complexity index is 326. The predicted octanol–water partition coefficient (Wildman–Crippen LogP) is 3.53. The fourth-order valence-electron chi connectivity index (χ4n) is 1.86. The minimum Gasteiger partial charge on any atom is -0.260 e. The normalized spacial score (nSPS) is 19.5. The van der Waals surface area contributed by atoms with E-state index in [2.05, 4.69) is 43.3 Å². The van der Waals surface area contributed by atoms with Gasteiger partial charge in [-0.3, -0.25) is 4.99 Å². The molecule has 0 aliphatic carbocycles. The third kappa shape index (κ3) is 1.64. The van der Waals surface area contributed by atoms with Gasteiger partial charge in [-0.15, -0.1) is 0 Å². The summed E-state index contributed by atoms with van der Waals surface area (Å²) in [4.78, 5) is 4.41. The Labute approximate surface area is 79.5 Å². The molecule has 68 valence electrons. The smallest absolute Gasteiger partial charge is 0.0664 e. The topological polar surface area (TPSA) is 12.4 Å². The van der Waals surface area contributed by atoms with Gasteiger partial charge >= 0.3 is 0 Å². The molecule has 1 aromatic rings. The van der Waals surface area contributed by atoms with Gasteiger partial charge in [0.05, 0.1) is 5.69 Å². The van der Waals surface area contributed by atoms with Crippen molar-refractivity contribution < 1.29 is 0 Å². The third-order valence-corrected chi connectivity index (χ3v) is 2.46. The average molecular weight is 173 g/mol. The molecule has 1 heteroatoms. The third-order valence-electron chi connectivity index (χ3n) is 2.46. The van der Waals surface area contributed by atoms with Crippen LogP contribution in [0.3, 0.4) is 0 Å². The first-order valence-electron chi connectivity index (χ1n) is 4.90. The van der Waals surface area contributed by atoms with E-state index < -0.39 is 0 Å². The van der Waals surface area contributed by atoms with Crippen LogP contribution in [-0.4, -0.2) is 6.21 Å². The first-order chi connectivity index (χ1) is 6.27. The number of fused-ring (bicyclic) bond motifs is 1. The summed E-state index contributed by atoms with van der Waals surface area (Å²) in [6.07, 6.45) is 3.30. The number of hydrogen-bond donors (Lipinski definition) is 0. The molecule has 0 saturated heterocycles. The maximum Gasteiger partial charge on any atom is 0.0664 e. The standard InChI is InChI=1S/C12H15N/c1-9(2)7-10-8-13-12-6-4-3-5-11(10)12/h3-6,8-10H,7H2,1-2H3. The molecular formula is C12H15N. The summed E-state index contributed by atoms with van der Waals surface area (Å²) in [6, 6.07) is 8.43. The summed E-state index contributed by atoms with van der Waals surface area (Å²) in [5.41, 5.74) is 2.56. The molecule has 0 saturated carbocycles. The lowest BCUT2D eigenvalue weighted by Crippen LogP contribution is -2.00. The van der Waals surface area contributed by atoms with Crippen molar-refractivity contribution in [3.63, 3.8) is 0 Å². The number of hydrogen-bond acceptors (Lipinski definition) is 1. The molecule has 1 nitrogen and oxygen atoms in total. The molecule has 1 aliphatic rings. The van der Waals surface area contributed by atoms with Crippen LogP contribution in [-0.2, 0) is 0 Å². The molecule has 13 heavy (non-hydrogen) atoms. The van der Waals surface area contributed by atoms with Crippen LogP contribution in [0.4, 0.5) is 5.69 Å². The van der Waals surface area contributed by atoms with E-state index in [4.69, 9.17) is 0 Å². The Hall–Kier alpha value is -1.11. The maximum absolute atomic E-state index is 4.41. The minimum atomic E-state index is 0.552. The lowest BCUT2D eigenvalue weighted by Gasteiger charge is -2.11. The molecule has 0 bridgehead atoms. The molecule has 1 heterocycles. The van der Waals surface area contributed by atoms with Gasteiger partial charge in [-0.25, -0.2) is 0 Å². The van der Waals surface area contributed by atoms with Crippen LogP contribution in [0, 0.1) is 5.92 Å². The van der Waals surface area contributed by atoms with Crippen LogP contribution in [0.25, 0.3) is 0 Å². The fourth-order valence-corrected chi connectivity index (χ4v) is 1.86. The van der Waals surface area contributed by atoms with Crippen LogP contribution in [0.5, 0.6) is 0 Å². The average Bonchev–Trinajstić information content (AvgIpc) is 2.48. The van der Waals surface area contributed by atoms with E-state index >= 15 is 0 Å². The number of rotatable bonds is 2. The summed E-state index contributed by atoms with van der Waals surface area (Å²) in [6.45, 7) is 4.52. The Balaban J connectivity index is 2.23. The lowest BCUT2D eigenvalue weighted by molar-refractivity contribution is 0.571. The Morgan fingerprint density at radius 2 is 2.08 bits per heavy atom. The van der Waals surface area contributed by atoms with Gasteiger partial charge in [-0.05, 0) is 24.0 Å². The van der Waals surface area contributed by atoms with Crippen molar-refractivity contribution in [3.8, 4) is 0 Å². The van der Waals surface area contributed by atoms with Crippen molar-refractivity contribution in [1.82, 2.24) is 0 Å². The quantitative estimate of drug-likeness (QED) is 0.648. The second-order valence-corrected chi connectivity index (χ2v) is 4.07. The highest BCUT2D eigenvalue weighted by Crippen LogP contribution is 2.34. The van der Waals surface area contributed by atoms with Gasteiger partial charge in [-0.1, -0.05) is 32.0 Å². The summed E-state index contributed by atoms with van der Waals surface area (Å²) >= 11 is 0. The molecule has 2 rings (SSSR count). The van der Waals surface area contributed by atoms with Crippen molar-refractivity contribution in [2.24, 2.45) is 10.9 Å². The van der Waals surface area contributed by atoms with Gasteiger partial charge in [0, 0.05) is 12.1 Å². The lowest BCUT2D eigenvalue weighted by atomic mass is 9.92. The number of benzene rings is 1. The Morgan fingerprint density at radius 3 is 2.85 bits per heavy atom. The minimum absolute atomic E-state index is 0.552. The molecule has 1 unspecified atom stereocenters. The zero-order valence-corrected chi connectivity index (χ0v) is 8.20. The van der Waals surface area contributed by atoms with Crippen molar-refractivity contribution in [2.75, 3.05) is 0 Å². The van der Waals surface area contributed by atoms with Gasteiger partial charge in [0.25, 0.3) is 0 Å². The number of nitrogens with zero attached hydrogens (tertiary/aromatic N) is 1. The molecule has 0 radical (unpaired) electrons. The van der Waals surface area contributed by atoms with Crippen molar-refractivity contribution in [2.45, 2.75) is 26.2 Å². The maximum atomic E-state index is 4.41. The van der Waals surface area contributed by atoms with E-state index in [0.29, 0.717) is 5.92 Å². The monoisotopic (exact) mass is 173 g/mol. The first-order valence-corrected chi connectivity index (χ1v) is 4.90. The van der Waals surface area contributed by atoms with Gasteiger partial charge in [-0.2, -0.15) is 0 Å². The molecule has 0 fully saturated rings. The van der Waals surface area contributed by atoms with E-state index in [1.54, 1.807) is 0 Å². The summed E-state index contributed by atoms with van der Waals surface area (Å²) in [5, 5.41) is 0. The van der Waals surface area contributed by atoms with E-state index in [-0.39, 0.29) is 0 Å². The molecule has 0 N–H and O–H groups in total. The predicted molar refractivity (Wildman–Crippen MR) is 56.8 cm³/mol. The van der Waals surface area contributed by atoms with Gasteiger partial charge < -0.3 is 0 Å². The Morgan fingerprint density at radius 1 is 1.31 bits per heavy atom. The Kier molecular flexibility index (Phi) is 2.17. The first kappa shape index (κ1) is 8.49. The number of para-hydroxylation sites is 1. The van der Waals surface area contributed by atoms with Crippen molar-refractivity contribution in [1.29, 1.82) is 0 Å². The van der Waals surface area contributed by atoms with Crippen LogP contribution < -0.4 is 0 Å². The zero-order valence-electron chi connectivity index (χ0n) is 8.20. The van der Waals surface area contributed by atoms with Crippen LogP contribution in [0.2, 0.25) is 0 Å². The van der Waals surface area contributed by atoms with Crippen molar-refractivity contribution >= 4 is 11.9 Å². The van der Waals surface area contributed by atoms with Crippen molar-refractivity contribution in [3.05, 3.63) is 29.8 Å². The largest absolute Gasteiger partial charge is 0.260 e. The van der Waals surface area contributed by atoms with E-state index in [9.17, 15) is 0 Å². The molecule has 0 spiro atoms. The van der Waals surface area contributed by atoms with Gasteiger partial charge in [0.1, 0.15) is 0 Å². The second kappa shape index (κ2) is 3.33. The molecule has 1 atom stereocenters. The molecule has 0 amide bonds. The number of aliphatic imine (C=N–C) groups is 1. The highest BCUT2D eigenvalue weighted by Gasteiger charge is 2.18. The highest BCUT2D eigenvalue weighted by atomic mass is 14.8. The van der Waals surface area contributed by atoms with E-state index in [0.717, 1.165) is 11.6 Å². The fraction of sp³-hybridized carbons (Fsp3) is 0.417. The van der Waals surface area contributed by atoms with Crippen LogP contribution in [0.1, 0.15) is 31.7 Å². The van der Waals surface area contributed by atoms with Crippen LogP contribution >= 0.6 is 0 Å². The molecule has 1 aliphatic heterocycles. The van der Waals surface area contributed by atoms with E-state index in [1.807, 2.05) is 6.07 Å². The van der Waals surface area contributed by atoms with Gasteiger partial charge in [0.2, 0.25) is 0 Å². The summed E-state index contributed by atoms with van der Waals surface area (Å²) in [7, 11) is 0. The second-order valence-electron chi connectivity index (χ2n) is 4.07. The SMILES string of the molecule is CC(C)CC1C=Nc2ccccc21. The van der Waals surface area contributed by atoms with E-state index in [1.165, 1.54) is 12.0 Å². The zero-order chi connectivity index (χ0) is 9.26. The summed E-state index contributed by atoms with van der Waals surface area (Å²) < 4.78 is 0. The molecule has 0 aromatic heterocycles. The molecular weight excluding hydrogens is 158 g/mol. The van der Waals surface area contributed by atoms with Crippen LogP contribution in [0.15, 0.2) is 29.3 Å². The molecule has 1 aromatic carbocycles. The highest BCUT2D eigenvalue weighted by molar-refractivity contribution is 5.80. The van der Waals surface area contributed by atoms with Gasteiger partial charge in [0.15, 0.2) is 0 Å². The summed E-state index contributed by atoms with van der Waals surface area (Å²) in [5.74, 6) is 1.29.